The van der Waals surface area contributed by atoms with Crippen LogP contribution in [-0.2, 0) is 11.3 Å². The number of nitrogens with one attached hydrogen (secondary N) is 1. The van der Waals surface area contributed by atoms with Crippen LogP contribution >= 0.6 is 0 Å². The maximum atomic E-state index is 13.8. The van der Waals surface area contributed by atoms with Crippen LogP contribution in [0.2, 0.25) is 0 Å². The second-order valence-corrected chi connectivity index (χ2v) is 11.7. The Balaban J connectivity index is 1.35. The average molecular weight is 566 g/mol. The maximum absolute atomic E-state index is 13.8. The predicted octanol–water partition coefficient (Wildman–Crippen LogP) is 4.67. The van der Waals surface area contributed by atoms with Gasteiger partial charge in [0.25, 0.3) is 0 Å². The van der Waals surface area contributed by atoms with E-state index in [9.17, 15) is 9.59 Å². The summed E-state index contributed by atoms with van der Waals surface area (Å²) < 4.78 is 5.26. The van der Waals surface area contributed by atoms with Gasteiger partial charge in [0.05, 0.1) is 26.2 Å². The van der Waals surface area contributed by atoms with E-state index < -0.39 is 6.17 Å². The molecular weight excluding hydrogens is 526 g/mol. The Morgan fingerprint density at radius 2 is 1.76 bits per heavy atom. The normalized spacial score (nSPS) is 23.7. The molecule has 8 heteroatoms. The second-order valence-electron chi connectivity index (χ2n) is 11.7. The van der Waals surface area contributed by atoms with Gasteiger partial charge in [0.15, 0.2) is 0 Å². The van der Waals surface area contributed by atoms with Gasteiger partial charge >= 0.3 is 6.03 Å². The summed E-state index contributed by atoms with van der Waals surface area (Å²) in [5, 5.41) is 6.61. The maximum Gasteiger partial charge on any atom is 0.334 e. The van der Waals surface area contributed by atoms with E-state index in [-0.39, 0.29) is 36.4 Å². The molecular formula is C34H39N5O3. The van der Waals surface area contributed by atoms with Crippen molar-refractivity contribution in [2.75, 3.05) is 33.8 Å². The van der Waals surface area contributed by atoms with Crippen LogP contribution in [0.3, 0.4) is 0 Å². The van der Waals surface area contributed by atoms with Gasteiger partial charge in [-0.1, -0.05) is 80.6 Å². The number of amides is 3. The van der Waals surface area contributed by atoms with Crippen molar-refractivity contribution >= 4 is 11.9 Å². The number of benzene rings is 2. The fourth-order valence-electron chi connectivity index (χ4n) is 6.73. The molecule has 2 saturated heterocycles. The smallest absolute Gasteiger partial charge is 0.334 e. The van der Waals surface area contributed by atoms with E-state index in [4.69, 9.17) is 4.74 Å². The Morgan fingerprint density at radius 3 is 2.48 bits per heavy atom. The summed E-state index contributed by atoms with van der Waals surface area (Å²) in [4.78, 5) is 32.0. The molecule has 8 nitrogen and oxygen atoms in total. The van der Waals surface area contributed by atoms with Gasteiger partial charge in [-0.3, -0.25) is 4.79 Å². The zero-order valence-corrected chi connectivity index (χ0v) is 24.7. The summed E-state index contributed by atoms with van der Waals surface area (Å²) in [5.41, 5.74) is 5.77. The molecule has 3 atom stereocenters. The third-order valence-electron chi connectivity index (χ3n) is 8.67. The van der Waals surface area contributed by atoms with Crippen LogP contribution in [0.15, 0.2) is 102 Å². The minimum Gasteiger partial charge on any atom is -0.497 e. The lowest BCUT2D eigenvalue weighted by molar-refractivity contribution is -0.177. The van der Waals surface area contributed by atoms with Crippen molar-refractivity contribution in [2.24, 2.45) is 5.92 Å². The lowest BCUT2D eigenvalue weighted by Crippen LogP contribution is -2.75. The fraction of sp³-hybridized carbons (Fsp3) is 0.353. The minimum absolute atomic E-state index is 0.0388. The molecule has 0 spiro atoms. The van der Waals surface area contributed by atoms with E-state index in [2.05, 4.69) is 78.7 Å². The molecule has 2 aromatic rings. The number of likely N-dealkylation sites (N-methyl/N-ethyl adjacent to an activating group) is 1. The summed E-state index contributed by atoms with van der Waals surface area (Å²) in [6, 6.07) is 17.9. The van der Waals surface area contributed by atoms with Crippen LogP contribution in [0.4, 0.5) is 4.79 Å². The molecule has 2 fully saturated rings. The molecule has 1 unspecified atom stereocenters. The average Bonchev–Trinajstić information content (AvgIpc) is 3.32. The van der Waals surface area contributed by atoms with E-state index in [0.29, 0.717) is 13.1 Å². The summed E-state index contributed by atoms with van der Waals surface area (Å²) in [7, 11) is 3.46. The van der Waals surface area contributed by atoms with Gasteiger partial charge in [0.2, 0.25) is 5.91 Å². The predicted molar refractivity (Wildman–Crippen MR) is 163 cm³/mol. The van der Waals surface area contributed by atoms with E-state index in [1.807, 2.05) is 42.3 Å². The molecule has 0 aromatic heterocycles. The molecule has 1 N–H and O–H groups in total. The van der Waals surface area contributed by atoms with E-state index in [1.54, 1.807) is 17.1 Å². The van der Waals surface area contributed by atoms with Crippen molar-refractivity contribution in [3.8, 4) is 5.75 Å². The number of hydrazine groups is 1. The molecule has 3 amide bonds. The SMILES string of the molecule is COc1ccc(CNC(=O)N2[C@H]3CN4CC(c5ccccc5)C5=CC(=C4[C@H](C(C)C)N3C(=O)CN2C)C=CC=C5)cc1. The molecule has 4 aliphatic rings. The lowest BCUT2D eigenvalue weighted by atomic mass is 9.89. The molecule has 6 rings (SSSR count). The Hall–Kier alpha value is -4.30. The molecule has 3 heterocycles. The minimum atomic E-state index is -0.440. The zero-order chi connectivity index (χ0) is 29.4. The largest absolute Gasteiger partial charge is 0.497 e. The van der Waals surface area contributed by atoms with Gasteiger partial charge in [-0.15, -0.1) is 0 Å². The van der Waals surface area contributed by atoms with Crippen molar-refractivity contribution in [1.29, 1.82) is 0 Å². The number of rotatable bonds is 5. The molecule has 0 radical (unpaired) electrons. The molecule has 1 aliphatic carbocycles. The standard InChI is InChI=1S/C34H39N5O3/c1-23(2)32-33-27-13-9-8-12-26(18-27)29(25-10-6-5-7-11-25)20-37(33)21-30-38(32)31(40)22-36(3)39(30)34(41)35-19-24-14-16-28(42-4)17-15-24/h5-18,23,29-30,32H,19-22H2,1-4H3,(H,35,41)/t29?,30-,32-/m0/s1. The number of urea groups is 1. The van der Waals surface area contributed by atoms with Crippen LogP contribution in [0, 0.1) is 5.92 Å². The second kappa shape index (κ2) is 11.5. The molecule has 2 aromatic carbocycles. The highest BCUT2D eigenvalue weighted by atomic mass is 16.5. The molecule has 3 aliphatic heterocycles. The fourth-order valence-corrected chi connectivity index (χ4v) is 6.73. The number of fused-ring (bicyclic) bond motifs is 3. The number of carbonyl (C=O) groups is 2. The van der Waals surface area contributed by atoms with Crippen LogP contribution in [-0.4, -0.2) is 77.8 Å². The van der Waals surface area contributed by atoms with Crippen molar-refractivity contribution in [2.45, 2.75) is 38.5 Å². The van der Waals surface area contributed by atoms with Gasteiger partial charge in [-0.2, -0.15) is 0 Å². The number of allylic oxidation sites excluding steroid dienone is 6. The number of hydrogen-bond donors (Lipinski definition) is 1. The quantitative estimate of drug-likeness (QED) is 0.571. The van der Waals surface area contributed by atoms with Crippen LogP contribution in [0.25, 0.3) is 0 Å². The first-order chi connectivity index (χ1) is 20.4. The van der Waals surface area contributed by atoms with Gasteiger partial charge in [-0.25, -0.2) is 14.8 Å². The van der Waals surface area contributed by atoms with Crippen molar-refractivity contribution < 1.29 is 14.3 Å². The molecule has 0 saturated carbocycles. The summed E-state index contributed by atoms with van der Waals surface area (Å²) >= 11 is 0. The third-order valence-corrected chi connectivity index (χ3v) is 8.67. The first kappa shape index (κ1) is 27.8. The van der Waals surface area contributed by atoms with Gasteiger partial charge in [-0.05, 0) is 46.4 Å². The Morgan fingerprint density at radius 1 is 1.02 bits per heavy atom. The number of methoxy groups -OCH3 is 1. The van der Waals surface area contributed by atoms with Crippen molar-refractivity contribution in [3.63, 3.8) is 0 Å². The number of hydrogen-bond acceptors (Lipinski definition) is 5. The van der Waals surface area contributed by atoms with E-state index >= 15 is 0 Å². The Labute approximate surface area is 248 Å². The van der Waals surface area contributed by atoms with Gasteiger partial charge in [0.1, 0.15) is 11.9 Å². The first-order valence-corrected chi connectivity index (χ1v) is 14.7. The monoisotopic (exact) mass is 565 g/mol. The van der Waals surface area contributed by atoms with Crippen LogP contribution < -0.4 is 10.1 Å². The summed E-state index contributed by atoms with van der Waals surface area (Å²) in [5.74, 6) is 1.11. The van der Waals surface area contributed by atoms with Crippen LogP contribution in [0.1, 0.15) is 30.9 Å². The Kier molecular flexibility index (Phi) is 7.64. The highest BCUT2D eigenvalue weighted by Gasteiger charge is 2.51. The summed E-state index contributed by atoms with van der Waals surface area (Å²) in [6.45, 7) is 6.14. The number of carbonyl (C=O) groups excluding carboxylic acids is 2. The molecule has 2 bridgehead atoms. The summed E-state index contributed by atoms with van der Waals surface area (Å²) in [6.07, 6.45) is 10.4. The van der Waals surface area contributed by atoms with Crippen LogP contribution in [0.5, 0.6) is 5.75 Å². The van der Waals surface area contributed by atoms with Crippen molar-refractivity contribution in [1.82, 2.24) is 25.1 Å². The zero-order valence-electron chi connectivity index (χ0n) is 24.7. The van der Waals surface area contributed by atoms with Gasteiger partial charge in [0, 0.05) is 31.8 Å². The Bertz CT molecular complexity index is 1460. The first-order valence-electron chi connectivity index (χ1n) is 14.7. The number of piperazine rings is 1. The number of nitrogens with zero attached hydrogens (tertiary/aromatic N) is 4. The highest BCUT2D eigenvalue weighted by Crippen LogP contribution is 2.42. The van der Waals surface area contributed by atoms with Gasteiger partial charge < -0.3 is 19.9 Å². The van der Waals surface area contributed by atoms with Crippen molar-refractivity contribution in [3.05, 3.63) is 113 Å². The molecule has 42 heavy (non-hydrogen) atoms. The van der Waals surface area contributed by atoms with E-state index in [0.717, 1.165) is 29.1 Å². The molecule has 218 valence electrons. The topological polar surface area (TPSA) is 68.4 Å². The number of ether oxygens (including phenoxy) is 1. The third kappa shape index (κ3) is 5.11. The highest BCUT2D eigenvalue weighted by molar-refractivity contribution is 5.83. The van der Waals surface area contributed by atoms with E-state index in [1.165, 1.54) is 11.1 Å². The lowest BCUT2D eigenvalue weighted by Gasteiger charge is -2.57.